The molecule has 0 saturated carbocycles. The summed E-state index contributed by atoms with van der Waals surface area (Å²) in [4.78, 5) is 29.6. The van der Waals surface area contributed by atoms with Crippen LogP contribution in [-0.4, -0.2) is 15.3 Å². The van der Waals surface area contributed by atoms with Crippen LogP contribution in [0, 0.1) is 0 Å². The molecular formula is C15H6Br2N2O2. The maximum Gasteiger partial charge on any atom is 0.266 e. The van der Waals surface area contributed by atoms with Crippen molar-refractivity contribution in [3.63, 3.8) is 0 Å². The molecule has 4 nitrogen and oxygen atoms in total. The number of hydrogen-bond donors (Lipinski definition) is 0. The molecule has 0 amide bonds. The number of ketones is 1. The molecule has 1 aliphatic heterocycles. The van der Waals surface area contributed by atoms with Gasteiger partial charge in [0.05, 0.1) is 22.2 Å². The quantitative estimate of drug-likeness (QED) is 0.450. The highest BCUT2D eigenvalue weighted by molar-refractivity contribution is 9.11. The van der Waals surface area contributed by atoms with Crippen LogP contribution in [-0.2, 0) is 0 Å². The van der Waals surface area contributed by atoms with E-state index in [9.17, 15) is 9.59 Å². The van der Waals surface area contributed by atoms with Crippen molar-refractivity contribution in [1.29, 1.82) is 0 Å². The number of carbonyl (C=O) groups excluding carboxylic acids is 1. The monoisotopic (exact) mass is 404 g/mol. The van der Waals surface area contributed by atoms with Gasteiger partial charge < -0.3 is 0 Å². The Morgan fingerprint density at radius 3 is 2.62 bits per heavy atom. The van der Waals surface area contributed by atoms with Crippen LogP contribution in [0.2, 0.25) is 0 Å². The van der Waals surface area contributed by atoms with Crippen LogP contribution in [0.5, 0.6) is 0 Å². The maximum atomic E-state index is 12.7. The van der Waals surface area contributed by atoms with Gasteiger partial charge in [0.25, 0.3) is 5.56 Å². The number of nitrogens with zero attached hydrogens (tertiary/aromatic N) is 2. The Kier molecular flexibility index (Phi) is 2.68. The minimum Gasteiger partial charge on any atom is -0.285 e. The Hall–Kier alpha value is -1.79. The summed E-state index contributed by atoms with van der Waals surface area (Å²) in [6, 6.07) is 10.5. The van der Waals surface area contributed by atoms with E-state index in [1.165, 1.54) is 4.57 Å². The highest BCUT2D eigenvalue weighted by Gasteiger charge is 2.32. The van der Waals surface area contributed by atoms with E-state index in [0.717, 1.165) is 4.47 Å². The predicted octanol–water partition coefficient (Wildman–Crippen LogP) is 3.46. The first kappa shape index (κ1) is 12.9. The summed E-state index contributed by atoms with van der Waals surface area (Å²) in [7, 11) is 0. The molecule has 0 bridgehead atoms. The van der Waals surface area contributed by atoms with Gasteiger partial charge in [-0.3, -0.25) is 14.2 Å². The molecule has 2 heterocycles. The third-order valence-corrected chi connectivity index (χ3v) is 4.54. The van der Waals surface area contributed by atoms with Crippen molar-refractivity contribution < 1.29 is 4.79 Å². The first-order chi connectivity index (χ1) is 10.1. The van der Waals surface area contributed by atoms with Gasteiger partial charge in [0.1, 0.15) is 0 Å². The fraction of sp³-hybridized carbons (Fsp3) is 0. The van der Waals surface area contributed by atoms with E-state index in [4.69, 9.17) is 0 Å². The Morgan fingerprint density at radius 1 is 1.05 bits per heavy atom. The number of para-hydroxylation sites is 1. The zero-order valence-electron chi connectivity index (χ0n) is 10.4. The lowest BCUT2D eigenvalue weighted by Crippen LogP contribution is -2.21. The molecule has 0 spiro atoms. The van der Waals surface area contributed by atoms with Crippen LogP contribution in [0.4, 0.5) is 0 Å². The van der Waals surface area contributed by atoms with Gasteiger partial charge in [0.15, 0.2) is 5.82 Å². The average molecular weight is 406 g/mol. The molecule has 0 atom stereocenters. The molecule has 0 N–H and O–H groups in total. The normalized spacial score (nSPS) is 12.6. The molecule has 4 rings (SSSR count). The summed E-state index contributed by atoms with van der Waals surface area (Å²) in [5.74, 6) is -0.0812. The molecule has 0 aliphatic carbocycles. The van der Waals surface area contributed by atoms with Gasteiger partial charge >= 0.3 is 0 Å². The summed E-state index contributed by atoms with van der Waals surface area (Å²) in [5, 5.41) is 0.497. The summed E-state index contributed by atoms with van der Waals surface area (Å²) in [6.45, 7) is 0. The van der Waals surface area contributed by atoms with Gasteiger partial charge in [-0.05, 0) is 40.2 Å². The average Bonchev–Trinajstić information content (AvgIpc) is 2.74. The first-order valence-corrected chi connectivity index (χ1v) is 7.72. The molecule has 2 aromatic carbocycles. The number of hydrogen-bond acceptors (Lipinski definition) is 3. The predicted molar refractivity (Wildman–Crippen MR) is 86.2 cm³/mol. The number of halogens is 2. The summed E-state index contributed by atoms with van der Waals surface area (Å²) < 4.78 is 2.83. The van der Waals surface area contributed by atoms with Crippen molar-refractivity contribution in [3.8, 4) is 5.69 Å². The lowest BCUT2D eigenvalue weighted by molar-refractivity contribution is 0.103. The molecule has 1 aliphatic rings. The van der Waals surface area contributed by atoms with Crippen LogP contribution >= 0.6 is 31.9 Å². The zero-order chi connectivity index (χ0) is 14.7. The van der Waals surface area contributed by atoms with Gasteiger partial charge in [-0.25, -0.2) is 4.98 Å². The second-order valence-electron chi connectivity index (χ2n) is 4.71. The minimum absolute atomic E-state index is 0.160. The van der Waals surface area contributed by atoms with E-state index < -0.39 is 0 Å². The van der Waals surface area contributed by atoms with E-state index in [2.05, 4.69) is 36.8 Å². The molecule has 3 aromatic rings. The summed E-state index contributed by atoms with van der Waals surface area (Å²) >= 11 is 6.78. The lowest BCUT2D eigenvalue weighted by Gasteiger charge is -2.07. The fourth-order valence-corrected chi connectivity index (χ4v) is 3.98. The minimum atomic E-state index is -0.241. The Labute approximate surface area is 135 Å². The Bertz CT molecular complexity index is 1010. The number of rotatable bonds is 0. The molecule has 0 saturated heterocycles. The van der Waals surface area contributed by atoms with Crippen LogP contribution in [0.25, 0.3) is 16.6 Å². The van der Waals surface area contributed by atoms with Gasteiger partial charge in [0.2, 0.25) is 5.78 Å². The number of fused-ring (bicyclic) bond motifs is 4. The van der Waals surface area contributed by atoms with Crippen LogP contribution in [0.1, 0.15) is 16.2 Å². The number of aromatic nitrogens is 2. The van der Waals surface area contributed by atoms with Crippen molar-refractivity contribution in [2.75, 3.05) is 0 Å². The molecule has 102 valence electrons. The second-order valence-corrected chi connectivity index (χ2v) is 6.48. The third-order valence-electron chi connectivity index (χ3n) is 3.48. The maximum absolute atomic E-state index is 12.7. The molecular weight excluding hydrogens is 400 g/mol. The molecule has 1 aromatic heterocycles. The molecule has 0 fully saturated rings. The van der Waals surface area contributed by atoms with Gasteiger partial charge in [-0.2, -0.15) is 0 Å². The van der Waals surface area contributed by atoms with E-state index in [0.29, 0.717) is 26.6 Å². The molecule has 21 heavy (non-hydrogen) atoms. The van der Waals surface area contributed by atoms with Gasteiger partial charge in [0, 0.05) is 8.95 Å². The molecule has 0 unspecified atom stereocenters. The van der Waals surface area contributed by atoms with E-state index >= 15 is 0 Å². The fourth-order valence-electron chi connectivity index (χ4n) is 2.58. The largest absolute Gasteiger partial charge is 0.285 e. The van der Waals surface area contributed by atoms with Crippen LogP contribution in [0.15, 0.2) is 50.1 Å². The zero-order valence-corrected chi connectivity index (χ0v) is 13.6. The smallest absolute Gasteiger partial charge is 0.266 e. The SMILES string of the molecule is O=C1c2cc(Br)cc(Br)c2-n2c1nc1ccccc1c2=O. The van der Waals surface area contributed by atoms with E-state index in [1.807, 2.05) is 6.07 Å². The van der Waals surface area contributed by atoms with Gasteiger partial charge in [-0.15, -0.1) is 0 Å². The topological polar surface area (TPSA) is 52.0 Å². The highest BCUT2D eigenvalue weighted by Crippen LogP contribution is 2.34. The highest BCUT2D eigenvalue weighted by atomic mass is 79.9. The van der Waals surface area contributed by atoms with Crippen molar-refractivity contribution in [1.82, 2.24) is 9.55 Å². The molecule has 6 heteroatoms. The van der Waals surface area contributed by atoms with E-state index in [1.54, 1.807) is 30.3 Å². The van der Waals surface area contributed by atoms with Crippen molar-refractivity contribution in [2.24, 2.45) is 0 Å². The third kappa shape index (κ3) is 1.69. The Balaban J connectivity index is 2.22. The number of benzene rings is 2. The molecule has 0 radical (unpaired) electrons. The standard InChI is InChI=1S/C15H6Br2N2O2/c16-7-5-9-12(10(17)6-7)19-14(13(9)20)18-11-4-2-1-3-8(11)15(19)21/h1-6H. The summed E-state index contributed by atoms with van der Waals surface area (Å²) in [5.41, 5.74) is 1.33. The van der Waals surface area contributed by atoms with Crippen LogP contribution < -0.4 is 5.56 Å². The first-order valence-electron chi connectivity index (χ1n) is 6.14. The van der Waals surface area contributed by atoms with Crippen molar-refractivity contribution in [3.05, 3.63) is 67.1 Å². The summed E-state index contributed by atoms with van der Waals surface area (Å²) in [6.07, 6.45) is 0. The second kappa shape index (κ2) is 4.35. The van der Waals surface area contributed by atoms with Gasteiger partial charge in [-0.1, -0.05) is 28.1 Å². The van der Waals surface area contributed by atoms with Crippen molar-refractivity contribution >= 4 is 48.5 Å². The Morgan fingerprint density at radius 2 is 1.81 bits per heavy atom. The number of carbonyl (C=O) groups is 1. The van der Waals surface area contributed by atoms with Crippen molar-refractivity contribution in [2.45, 2.75) is 0 Å². The van der Waals surface area contributed by atoms with E-state index in [-0.39, 0.29) is 17.2 Å². The van der Waals surface area contributed by atoms with Crippen LogP contribution in [0.3, 0.4) is 0 Å². The lowest BCUT2D eigenvalue weighted by atomic mass is 10.1.